The molecule has 1 aromatic heterocycles. The van der Waals surface area contributed by atoms with Crippen LogP contribution >= 0.6 is 0 Å². The molecular formula is C20H30N4O6. The summed E-state index contributed by atoms with van der Waals surface area (Å²) < 4.78 is 11.5. The van der Waals surface area contributed by atoms with Crippen LogP contribution < -0.4 is 10.6 Å². The number of rotatable bonds is 12. The molecule has 2 heterocycles. The third-order valence-corrected chi connectivity index (χ3v) is 4.70. The molecule has 0 spiro atoms. The van der Waals surface area contributed by atoms with E-state index in [0.717, 1.165) is 6.42 Å². The minimum absolute atomic E-state index is 0.0805. The second kappa shape index (κ2) is 12.1. The summed E-state index contributed by atoms with van der Waals surface area (Å²) in [5.74, 6) is 0.933. The Morgan fingerprint density at radius 2 is 2.20 bits per heavy atom. The lowest BCUT2D eigenvalue weighted by Gasteiger charge is -2.30. The van der Waals surface area contributed by atoms with E-state index in [0.29, 0.717) is 44.3 Å². The van der Waals surface area contributed by atoms with Crippen LogP contribution in [-0.2, 0) is 14.3 Å². The van der Waals surface area contributed by atoms with Crippen LogP contribution in [0.3, 0.4) is 0 Å². The first kappa shape index (κ1) is 23.6. The van der Waals surface area contributed by atoms with Gasteiger partial charge in [0.2, 0.25) is 6.29 Å². The van der Waals surface area contributed by atoms with Crippen LogP contribution in [0.25, 0.3) is 0 Å². The molecule has 0 saturated heterocycles. The number of pyridine rings is 1. The van der Waals surface area contributed by atoms with Crippen molar-refractivity contribution in [3.05, 3.63) is 40.3 Å². The number of nitrogens with one attached hydrogen (secondary N) is 2. The van der Waals surface area contributed by atoms with Crippen LogP contribution in [0.1, 0.15) is 33.1 Å². The Balaban J connectivity index is 1.80. The van der Waals surface area contributed by atoms with Gasteiger partial charge in [-0.25, -0.2) is 4.98 Å². The highest BCUT2D eigenvalue weighted by molar-refractivity contribution is 5.91. The molecular weight excluding hydrogens is 392 g/mol. The van der Waals surface area contributed by atoms with E-state index >= 15 is 0 Å². The van der Waals surface area contributed by atoms with Crippen molar-refractivity contribution in [1.82, 2.24) is 10.3 Å². The fourth-order valence-electron chi connectivity index (χ4n) is 2.89. The monoisotopic (exact) mass is 422 g/mol. The highest BCUT2D eigenvalue weighted by Crippen LogP contribution is 2.28. The number of allylic oxidation sites excluding steroid dienone is 1. The molecule has 0 bridgehead atoms. The number of hydrogen-bond donors (Lipinski definition) is 3. The molecule has 0 aliphatic carbocycles. The number of nitro groups is 1. The molecule has 2 atom stereocenters. The third kappa shape index (κ3) is 7.60. The topological polar surface area (TPSA) is 136 Å². The van der Waals surface area contributed by atoms with Crippen LogP contribution in [0, 0.1) is 22.0 Å². The molecule has 0 radical (unpaired) electrons. The highest BCUT2D eigenvalue weighted by atomic mass is 16.7. The molecule has 166 valence electrons. The lowest BCUT2D eigenvalue weighted by Crippen LogP contribution is -2.36. The molecule has 10 nitrogen and oxygen atoms in total. The van der Waals surface area contributed by atoms with Gasteiger partial charge in [-0.1, -0.05) is 13.8 Å². The standard InChI is InChI=1S/C20H30N4O6/c1-14(2)15-11-17(30-19(12-15)29-10-4-3-9-25)20(26)22-8-7-21-18-6-5-16(13-23-18)24(27)28/h5-6,11,13-15,19,25H,3-4,7-10,12H2,1-2H3,(H,21,23)(H,22,26)/t15-,19+/m1/s1. The lowest BCUT2D eigenvalue weighted by molar-refractivity contribution is -0.385. The van der Waals surface area contributed by atoms with Crippen molar-refractivity contribution < 1.29 is 24.3 Å². The van der Waals surface area contributed by atoms with E-state index in [1.165, 1.54) is 18.3 Å². The normalized spacial score (nSPS) is 18.5. The lowest BCUT2D eigenvalue weighted by atomic mass is 9.90. The zero-order valence-electron chi connectivity index (χ0n) is 17.4. The molecule has 1 aliphatic heterocycles. The van der Waals surface area contributed by atoms with Gasteiger partial charge >= 0.3 is 0 Å². The molecule has 2 rings (SSSR count). The van der Waals surface area contributed by atoms with E-state index in [4.69, 9.17) is 14.6 Å². The molecule has 30 heavy (non-hydrogen) atoms. The summed E-state index contributed by atoms with van der Waals surface area (Å²) in [6, 6.07) is 2.88. The van der Waals surface area contributed by atoms with Gasteiger partial charge in [-0.05, 0) is 36.8 Å². The number of carbonyl (C=O) groups is 1. The van der Waals surface area contributed by atoms with E-state index in [2.05, 4.69) is 29.5 Å². The van der Waals surface area contributed by atoms with E-state index in [-0.39, 0.29) is 29.9 Å². The molecule has 0 unspecified atom stereocenters. The van der Waals surface area contributed by atoms with E-state index < -0.39 is 11.2 Å². The van der Waals surface area contributed by atoms with Crippen LogP contribution in [-0.4, -0.2) is 53.5 Å². The number of anilines is 1. The van der Waals surface area contributed by atoms with Gasteiger partial charge in [-0.2, -0.15) is 0 Å². The maximum absolute atomic E-state index is 12.5. The summed E-state index contributed by atoms with van der Waals surface area (Å²) in [6.45, 7) is 5.50. The molecule has 0 aromatic carbocycles. The number of carbonyl (C=O) groups excluding carboxylic acids is 1. The number of unbranched alkanes of at least 4 members (excludes halogenated alkanes) is 1. The van der Waals surface area contributed by atoms with Gasteiger partial charge in [0.1, 0.15) is 12.0 Å². The largest absolute Gasteiger partial charge is 0.459 e. The quantitative estimate of drug-likeness (QED) is 0.265. The Hall–Kier alpha value is -2.72. The zero-order valence-corrected chi connectivity index (χ0v) is 17.4. The van der Waals surface area contributed by atoms with E-state index in [9.17, 15) is 14.9 Å². The Bertz CT molecular complexity index is 723. The first-order valence-corrected chi connectivity index (χ1v) is 10.1. The smallest absolute Gasteiger partial charge is 0.287 e. The Kier molecular flexibility index (Phi) is 9.49. The number of ether oxygens (including phenoxy) is 2. The van der Waals surface area contributed by atoms with Crippen LogP contribution in [0.15, 0.2) is 30.2 Å². The van der Waals surface area contributed by atoms with E-state index in [1.807, 2.05) is 6.08 Å². The van der Waals surface area contributed by atoms with Crippen molar-refractivity contribution in [2.75, 3.05) is 31.6 Å². The number of nitrogens with zero attached hydrogens (tertiary/aromatic N) is 2. The summed E-state index contributed by atoms with van der Waals surface area (Å²) >= 11 is 0. The average Bonchev–Trinajstić information content (AvgIpc) is 2.74. The van der Waals surface area contributed by atoms with Crippen LogP contribution in [0.2, 0.25) is 0 Å². The van der Waals surface area contributed by atoms with Crippen molar-refractivity contribution in [1.29, 1.82) is 0 Å². The summed E-state index contributed by atoms with van der Waals surface area (Å²) in [5.41, 5.74) is -0.0805. The van der Waals surface area contributed by atoms with Gasteiger partial charge in [-0.15, -0.1) is 0 Å². The number of aliphatic hydroxyl groups excluding tert-OH is 1. The second-order valence-electron chi connectivity index (χ2n) is 7.36. The molecule has 10 heteroatoms. The minimum atomic E-state index is -0.511. The summed E-state index contributed by atoms with van der Waals surface area (Å²) in [5, 5.41) is 25.3. The van der Waals surface area contributed by atoms with Gasteiger partial charge in [0.15, 0.2) is 5.76 Å². The third-order valence-electron chi connectivity index (χ3n) is 4.70. The molecule has 3 N–H and O–H groups in total. The minimum Gasteiger partial charge on any atom is -0.459 e. The molecule has 0 saturated carbocycles. The summed E-state index contributed by atoms with van der Waals surface area (Å²) in [4.78, 5) is 26.6. The van der Waals surface area contributed by atoms with Crippen LogP contribution in [0.4, 0.5) is 11.5 Å². The van der Waals surface area contributed by atoms with Gasteiger partial charge < -0.3 is 25.2 Å². The highest BCUT2D eigenvalue weighted by Gasteiger charge is 2.29. The SMILES string of the molecule is CC(C)[C@@H]1C=C(C(=O)NCCNc2ccc([N+](=O)[O-])cn2)O[C@H](OCCCCO)C1. The second-order valence-corrected chi connectivity index (χ2v) is 7.36. The van der Waals surface area contributed by atoms with Crippen molar-refractivity contribution in [3.63, 3.8) is 0 Å². The van der Waals surface area contributed by atoms with E-state index in [1.54, 1.807) is 0 Å². The predicted molar refractivity (Wildman–Crippen MR) is 111 cm³/mol. The van der Waals surface area contributed by atoms with Crippen molar-refractivity contribution in [3.8, 4) is 0 Å². The first-order valence-electron chi connectivity index (χ1n) is 10.1. The number of hydrogen-bond acceptors (Lipinski definition) is 8. The van der Waals surface area contributed by atoms with Gasteiger partial charge in [0, 0.05) is 32.2 Å². The van der Waals surface area contributed by atoms with Crippen LogP contribution in [0.5, 0.6) is 0 Å². The summed E-state index contributed by atoms with van der Waals surface area (Å²) in [7, 11) is 0. The number of amides is 1. The van der Waals surface area contributed by atoms with Gasteiger partial charge in [0.05, 0.1) is 11.5 Å². The zero-order chi connectivity index (χ0) is 21.9. The maximum Gasteiger partial charge on any atom is 0.287 e. The molecule has 0 fully saturated rings. The first-order chi connectivity index (χ1) is 14.4. The Labute approximate surface area is 175 Å². The molecule has 1 amide bonds. The fourth-order valence-corrected chi connectivity index (χ4v) is 2.89. The maximum atomic E-state index is 12.5. The number of aliphatic hydroxyl groups is 1. The average molecular weight is 422 g/mol. The fraction of sp³-hybridized carbons (Fsp3) is 0.600. The number of aromatic nitrogens is 1. The predicted octanol–water partition coefficient (Wildman–Crippen LogP) is 2.21. The Morgan fingerprint density at radius 3 is 2.83 bits per heavy atom. The summed E-state index contributed by atoms with van der Waals surface area (Å²) in [6.07, 6.45) is 4.62. The van der Waals surface area contributed by atoms with Gasteiger partial charge in [-0.3, -0.25) is 14.9 Å². The van der Waals surface area contributed by atoms with Crippen molar-refractivity contribution in [2.24, 2.45) is 11.8 Å². The molecule has 1 aliphatic rings. The van der Waals surface area contributed by atoms with Crippen molar-refractivity contribution >= 4 is 17.4 Å². The Morgan fingerprint density at radius 1 is 1.40 bits per heavy atom. The molecule has 1 aromatic rings. The van der Waals surface area contributed by atoms with Gasteiger partial charge in [0.25, 0.3) is 11.6 Å². The van der Waals surface area contributed by atoms with Crippen molar-refractivity contribution in [2.45, 2.75) is 39.4 Å².